The van der Waals surface area contributed by atoms with Gasteiger partial charge in [0.15, 0.2) is 0 Å². The molecule has 0 bridgehead atoms. The molecule has 0 radical (unpaired) electrons. The van der Waals surface area contributed by atoms with Gasteiger partial charge in [-0.15, -0.1) is 0 Å². The van der Waals surface area contributed by atoms with Gasteiger partial charge < -0.3 is 9.84 Å². The molecular weight excluding hydrogens is 322 g/mol. The van der Waals surface area contributed by atoms with Crippen LogP contribution < -0.4 is 4.74 Å². The first-order valence-electron chi connectivity index (χ1n) is 6.61. The van der Waals surface area contributed by atoms with Crippen molar-refractivity contribution in [3.05, 3.63) is 58.6 Å². The van der Waals surface area contributed by atoms with E-state index in [0.29, 0.717) is 21.4 Å². The van der Waals surface area contributed by atoms with Gasteiger partial charge in [-0.25, -0.2) is 0 Å². The number of ether oxygens (including phenoxy) is 1. The van der Waals surface area contributed by atoms with E-state index in [9.17, 15) is 14.4 Å². The molecule has 7 heteroatoms. The van der Waals surface area contributed by atoms with Gasteiger partial charge in [-0.1, -0.05) is 11.6 Å². The zero-order valence-electron chi connectivity index (χ0n) is 11.7. The van der Waals surface area contributed by atoms with Gasteiger partial charge in [0.1, 0.15) is 18.0 Å². The highest BCUT2D eigenvalue weighted by molar-refractivity contribution is 6.30. The van der Waals surface area contributed by atoms with Crippen LogP contribution in [0.5, 0.6) is 11.5 Å². The van der Waals surface area contributed by atoms with E-state index in [2.05, 4.69) is 0 Å². The molecule has 2 aromatic carbocycles. The van der Waals surface area contributed by atoms with Crippen molar-refractivity contribution >= 4 is 29.4 Å². The van der Waals surface area contributed by atoms with Crippen LogP contribution in [0.1, 0.15) is 20.7 Å². The molecule has 1 aliphatic rings. The summed E-state index contributed by atoms with van der Waals surface area (Å²) in [5.41, 5.74) is 0.294. The number of carboxylic acids is 1. The molecule has 0 unspecified atom stereocenters. The molecule has 1 heterocycles. The number of benzene rings is 2. The quantitative estimate of drug-likeness (QED) is 0.871. The maximum absolute atomic E-state index is 12.2. The average molecular weight is 332 g/mol. The monoisotopic (exact) mass is 331 g/mol. The first kappa shape index (κ1) is 15.1. The van der Waals surface area contributed by atoms with Crippen LogP contribution in [0.15, 0.2) is 42.5 Å². The summed E-state index contributed by atoms with van der Waals surface area (Å²) in [6, 6.07) is 11.1. The average Bonchev–Trinajstić information content (AvgIpc) is 2.74. The van der Waals surface area contributed by atoms with Crippen molar-refractivity contribution in [3.8, 4) is 11.5 Å². The molecule has 6 nitrogen and oxygen atoms in total. The normalized spacial score (nSPS) is 13.2. The van der Waals surface area contributed by atoms with Crippen LogP contribution in [0.25, 0.3) is 0 Å². The molecule has 0 saturated heterocycles. The third-order valence-corrected chi connectivity index (χ3v) is 3.54. The molecule has 0 atom stereocenters. The second-order valence-corrected chi connectivity index (χ2v) is 5.29. The van der Waals surface area contributed by atoms with Gasteiger partial charge >= 0.3 is 5.97 Å². The van der Waals surface area contributed by atoms with E-state index in [0.717, 1.165) is 0 Å². The summed E-state index contributed by atoms with van der Waals surface area (Å²) in [7, 11) is 0. The number of hydrogen-bond donors (Lipinski definition) is 1. The van der Waals surface area contributed by atoms with Crippen LogP contribution in [-0.2, 0) is 4.79 Å². The maximum Gasteiger partial charge on any atom is 0.323 e. The lowest BCUT2D eigenvalue weighted by Crippen LogP contribution is -2.34. The Morgan fingerprint density at radius 1 is 1.00 bits per heavy atom. The Morgan fingerprint density at radius 2 is 1.61 bits per heavy atom. The fourth-order valence-electron chi connectivity index (χ4n) is 2.25. The number of carbonyl (C=O) groups is 3. The zero-order chi connectivity index (χ0) is 16.6. The minimum Gasteiger partial charge on any atom is -0.480 e. The smallest absolute Gasteiger partial charge is 0.323 e. The molecule has 0 aliphatic carbocycles. The van der Waals surface area contributed by atoms with E-state index >= 15 is 0 Å². The second-order valence-electron chi connectivity index (χ2n) is 4.85. The van der Waals surface area contributed by atoms with Crippen molar-refractivity contribution < 1.29 is 24.2 Å². The Hall–Kier alpha value is -2.86. The molecule has 1 aliphatic heterocycles. The highest BCUT2D eigenvalue weighted by atomic mass is 35.5. The first-order valence-corrected chi connectivity index (χ1v) is 6.99. The second kappa shape index (κ2) is 5.73. The molecule has 3 rings (SSSR count). The first-order chi connectivity index (χ1) is 11.0. The summed E-state index contributed by atoms with van der Waals surface area (Å²) in [5, 5.41) is 9.34. The van der Waals surface area contributed by atoms with Crippen molar-refractivity contribution in [2.24, 2.45) is 0 Å². The van der Waals surface area contributed by atoms with Gasteiger partial charge in [0.25, 0.3) is 11.8 Å². The predicted molar refractivity (Wildman–Crippen MR) is 81.0 cm³/mol. The Bertz CT molecular complexity index is 816. The number of amides is 2. The summed E-state index contributed by atoms with van der Waals surface area (Å²) in [6.45, 7) is -0.667. The number of halogens is 1. The molecule has 116 valence electrons. The molecule has 2 amide bonds. The fourth-order valence-corrected chi connectivity index (χ4v) is 2.38. The van der Waals surface area contributed by atoms with Crippen LogP contribution in [0.3, 0.4) is 0 Å². The zero-order valence-corrected chi connectivity index (χ0v) is 12.4. The Balaban J connectivity index is 1.88. The summed E-state index contributed by atoms with van der Waals surface area (Å²) >= 11 is 5.79. The van der Waals surface area contributed by atoms with Gasteiger partial charge in [0, 0.05) is 5.02 Å². The standard InChI is InChI=1S/C16H10ClNO5/c17-9-1-3-10(4-2-9)23-11-5-6-12-13(7-11)16(22)18(15(12)21)8-14(19)20/h1-7H,8H2,(H,19,20). The van der Waals surface area contributed by atoms with Crippen molar-refractivity contribution in [1.82, 2.24) is 4.90 Å². The lowest BCUT2D eigenvalue weighted by molar-refractivity contribution is -0.137. The molecule has 23 heavy (non-hydrogen) atoms. The van der Waals surface area contributed by atoms with Crippen molar-refractivity contribution in [3.63, 3.8) is 0 Å². The molecule has 1 N–H and O–H groups in total. The highest BCUT2D eigenvalue weighted by Gasteiger charge is 2.36. The molecule has 0 fully saturated rings. The largest absolute Gasteiger partial charge is 0.480 e. The number of fused-ring (bicyclic) bond motifs is 1. The van der Waals surface area contributed by atoms with E-state index in [1.54, 1.807) is 30.3 Å². The minimum atomic E-state index is -1.25. The molecular formula is C16H10ClNO5. The number of carboxylic acid groups (broad SMARTS) is 1. The SMILES string of the molecule is O=C(O)CN1C(=O)c2ccc(Oc3ccc(Cl)cc3)cc2C1=O. The predicted octanol–water partition coefficient (Wildman–Crippen LogP) is 2.81. The molecule has 0 aromatic heterocycles. The van der Waals surface area contributed by atoms with Gasteiger partial charge in [-0.2, -0.15) is 0 Å². The lowest BCUT2D eigenvalue weighted by Gasteiger charge is -2.09. The number of carbonyl (C=O) groups excluding carboxylic acids is 2. The Morgan fingerprint density at radius 3 is 2.26 bits per heavy atom. The highest BCUT2D eigenvalue weighted by Crippen LogP contribution is 2.29. The Labute approximate surface area is 135 Å². The maximum atomic E-state index is 12.2. The molecule has 0 spiro atoms. The molecule has 0 saturated carbocycles. The molecule has 2 aromatic rings. The van der Waals surface area contributed by atoms with Crippen LogP contribution >= 0.6 is 11.6 Å². The van der Waals surface area contributed by atoms with Crippen LogP contribution in [0.4, 0.5) is 0 Å². The fraction of sp³-hybridized carbons (Fsp3) is 0.0625. The summed E-state index contributed by atoms with van der Waals surface area (Å²) in [6.07, 6.45) is 0. The van der Waals surface area contributed by atoms with E-state index in [1.807, 2.05) is 0 Å². The number of aliphatic carboxylic acids is 1. The van der Waals surface area contributed by atoms with Crippen molar-refractivity contribution in [2.45, 2.75) is 0 Å². The number of nitrogens with zero attached hydrogens (tertiary/aromatic N) is 1. The van der Waals surface area contributed by atoms with Gasteiger partial charge in [0.05, 0.1) is 11.1 Å². The summed E-state index contributed by atoms with van der Waals surface area (Å²) in [4.78, 5) is 35.6. The number of rotatable bonds is 4. The van der Waals surface area contributed by atoms with E-state index in [-0.39, 0.29) is 11.1 Å². The van der Waals surface area contributed by atoms with Crippen LogP contribution in [0.2, 0.25) is 5.02 Å². The number of imide groups is 1. The van der Waals surface area contributed by atoms with Gasteiger partial charge in [-0.05, 0) is 42.5 Å². The van der Waals surface area contributed by atoms with Gasteiger partial charge in [0.2, 0.25) is 0 Å². The van der Waals surface area contributed by atoms with Gasteiger partial charge in [-0.3, -0.25) is 19.3 Å². The topological polar surface area (TPSA) is 83.9 Å². The van der Waals surface area contributed by atoms with Crippen molar-refractivity contribution in [1.29, 1.82) is 0 Å². The Kier molecular flexibility index (Phi) is 3.75. The third-order valence-electron chi connectivity index (χ3n) is 3.28. The lowest BCUT2D eigenvalue weighted by atomic mass is 10.1. The minimum absolute atomic E-state index is 0.128. The van der Waals surface area contributed by atoms with E-state index in [1.165, 1.54) is 12.1 Å². The van der Waals surface area contributed by atoms with E-state index < -0.39 is 24.3 Å². The van der Waals surface area contributed by atoms with E-state index in [4.69, 9.17) is 21.4 Å². The van der Waals surface area contributed by atoms with Crippen LogP contribution in [-0.4, -0.2) is 34.3 Å². The van der Waals surface area contributed by atoms with Crippen LogP contribution in [0, 0.1) is 0 Å². The summed E-state index contributed by atoms with van der Waals surface area (Å²) in [5.74, 6) is -1.63. The third kappa shape index (κ3) is 2.89. The summed E-state index contributed by atoms with van der Waals surface area (Å²) < 4.78 is 5.60. The number of hydrogen-bond acceptors (Lipinski definition) is 4. The van der Waals surface area contributed by atoms with Crippen molar-refractivity contribution in [2.75, 3.05) is 6.54 Å².